The molecule has 0 N–H and O–H groups in total. The molecule has 0 spiro atoms. The maximum absolute atomic E-state index is 10.7. The van der Waals surface area contributed by atoms with Crippen molar-refractivity contribution in [3.63, 3.8) is 0 Å². The molecule has 0 unspecified atom stereocenters. The summed E-state index contributed by atoms with van der Waals surface area (Å²) < 4.78 is 68.7. The van der Waals surface area contributed by atoms with Crippen molar-refractivity contribution in [1.82, 2.24) is 0 Å². The van der Waals surface area contributed by atoms with E-state index in [2.05, 4.69) is 126 Å². The molecule has 0 atom stereocenters. The molecule has 2 heterocycles. The van der Waals surface area contributed by atoms with Crippen LogP contribution in [0, 0.1) is 10.8 Å². The zero-order chi connectivity index (χ0) is 30.2. The van der Waals surface area contributed by atoms with Gasteiger partial charge in [-0.15, -0.1) is 0 Å². The van der Waals surface area contributed by atoms with Crippen LogP contribution in [0.3, 0.4) is 0 Å². The Hall–Kier alpha value is -1.09. The van der Waals surface area contributed by atoms with E-state index < -0.39 is 7.81 Å². The quantitative estimate of drug-likeness (QED) is 0.131. The van der Waals surface area contributed by atoms with Crippen LogP contribution < -0.4 is 0 Å². The van der Waals surface area contributed by atoms with E-state index in [0.29, 0.717) is 0 Å². The van der Waals surface area contributed by atoms with Crippen molar-refractivity contribution < 1.29 is 29.6 Å². The second kappa shape index (κ2) is 10.4. The van der Waals surface area contributed by atoms with Crippen molar-refractivity contribution in [1.29, 1.82) is 0 Å². The van der Waals surface area contributed by atoms with Crippen molar-refractivity contribution >= 4 is 34.8 Å². The Bertz CT molecular complexity index is 1070. The molecule has 0 aromatic carbocycles. The van der Waals surface area contributed by atoms with Crippen molar-refractivity contribution in [2.45, 2.75) is 93.9 Å². The van der Waals surface area contributed by atoms with E-state index in [0.717, 1.165) is 11.5 Å². The van der Waals surface area contributed by atoms with Gasteiger partial charge in [-0.2, -0.15) is 0 Å². The monoisotopic (exact) mass is 682 g/mol. The summed E-state index contributed by atoms with van der Waals surface area (Å²) in [4.78, 5) is 0. The molecule has 0 amide bonds. The number of hydrogen-bond donors (Lipinski definition) is 0. The summed E-state index contributed by atoms with van der Waals surface area (Å²) in [6.07, 6.45) is 11.5. The second-order valence-electron chi connectivity index (χ2n) is 13.7. The molecule has 1 aromatic rings. The van der Waals surface area contributed by atoms with E-state index in [-0.39, 0.29) is 42.6 Å². The number of hydrogen-bond acceptors (Lipinski definition) is 0. The predicted molar refractivity (Wildman–Crippen MR) is 152 cm³/mol. The third-order valence-corrected chi connectivity index (χ3v) is 10.6. The molecular weight excluding hydrogens is 637 g/mol. The second-order valence-corrected chi connectivity index (χ2v) is 18.7. The Balaban J connectivity index is 0.000000905. The fourth-order valence-electron chi connectivity index (χ4n) is 2.98. The van der Waals surface area contributed by atoms with Gasteiger partial charge < -0.3 is 0 Å². The fraction of sp³-hybridized carbons (Fsp3) is 0.552. The van der Waals surface area contributed by atoms with Crippen LogP contribution in [0.4, 0.5) is 25.2 Å². The molecule has 1 aliphatic rings. The summed E-state index contributed by atoms with van der Waals surface area (Å²) >= 11 is -0.283. The third-order valence-electron chi connectivity index (χ3n) is 5.17. The van der Waals surface area contributed by atoms with Gasteiger partial charge in [0.15, 0.2) is 0 Å². The summed E-state index contributed by atoms with van der Waals surface area (Å²) in [6, 6.07) is 4.37. The molecule has 38 heavy (non-hydrogen) atoms. The first-order valence-corrected chi connectivity index (χ1v) is 16.7. The molecule has 218 valence electrons. The average Bonchev–Trinajstić information content (AvgIpc) is 2.62. The van der Waals surface area contributed by atoms with E-state index in [1.54, 1.807) is 7.24 Å². The maximum atomic E-state index is 9.87. The van der Waals surface area contributed by atoms with E-state index in [4.69, 9.17) is 4.42 Å². The molecule has 0 aliphatic carbocycles. The van der Waals surface area contributed by atoms with Crippen molar-refractivity contribution in [2.24, 2.45) is 10.8 Å². The van der Waals surface area contributed by atoms with Gasteiger partial charge in [-0.3, -0.25) is 0 Å². The zero-order valence-electron chi connectivity index (χ0n) is 24.6. The SMILES string of the molecule is CC(C)(C)C1=CC(=C/C=C/c2cc(C(C)(C)C)[o+]c(C(C)(C)C)c2)C=C(C(C)(C)C)[Te]1.F[P-](F)(F)(F)(F)F. The zero-order valence-corrected chi connectivity index (χ0v) is 27.8. The Morgan fingerprint density at radius 3 is 1.26 bits per heavy atom. The number of rotatable bonds is 2. The van der Waals surface area contributed by atoms with Gasteiger partial charge in [-0.25, -0.2) is 0 Å². The van der Waals surface area contributed by atoms with Gasteiger partial charge >= 0.3 is 235 Å². The van der Waals surface area contributed by atoms with Crippen LogP contribution in [0.5, 0.6) is 0 Å². The molecule has 0 saturated carbocycles. The van der Waals surface area contributed by atoms with Crippen molar-refractivity contribution in [2.75, 3.05) is 0 Å². The van der Waals surface area contributed by atoms with Gasteiger partial charge in [0.25, 0.3) is 0 Å². The van der Waals surface area contributed by atoms with Gasteiger partial charge in [0.1, 0.15) is 0 Å². The average molecular weight is 680 g/mol. The molecule has 0 fully saturated rings. The molecule has 0 saturated heterocycles. The summed E-state index contributed by atoms with van der Waals surface area (Å²) in [5.74, 6) is 2.06. The van der Waals surface area contributed by atoms with Crippen molar-refractivity contribution in [3.05, 3.63) is 66.3 Å². The summed E-state index contributed by atoms with van der Waals surface area (Å²) in [5, 5.41) is 0. The standard InChI is InChI=1S/C29H43OTe.F6P/c1-26(2,3)22-16-20(17-23(30-22)27(4,5)6)14-13-15-21-18-24(28(7,8)9)31-25(19-21)29(10,11)12;1-7(2,3,4,5)6/h13-19H,1-12H3;/q+1;-1/b14-13+;. The van der Waals surface area contributed by atoms with Crippen LogP contribution in [0.25, 0.3) is 6.08 Å². The van der Waals surface area contributed by atoms with Gasteiger partial charge in [0.05, 0.1) is 0 Å². The van der Waals surface area contributed by atoms with E-state index in [9.17, 15) is 25.2 Å². The first kappa shape index (κ1) is 34.9. The molecule has 1 aromatic heterocycles. The Morgan fingerprint density at radius 1 is 0.632 bits per heavy atom. The van der Waals surface area contributed by atoms with Gasteiger partial charge in [0, 0.05) is 0 Å². The third kappa shape index (κ3) is 14.3. The Labute approximate surface area is 234 Å². The normalized spacial score (nSPS) is 17.7. The van der Waals surface area contributed by atoms with E-state index in [1.807, 2.05) is 0 Å². The number of allylic oxidation sites excluding steroid dienone is 7. The van der Waals surface area contributed by atoms with Crippen LogP contribution in [-0.4, -0.2) is 20.9 Å². The van der Waals surface area contributed by atoms with Gasteiger partial charge in [0.2, 0.25) is 0 Å². The van der Waals surface area contributed by atoms with Crippen LogP contribution in [-0.2, 0) is 10.8 Å². The fourth-order valence-corrected chi connectivity index (χ4v) is 6.52. The number of halogens is 6. The first-order valence-electron chi connectivity index (χ1n) is 12.4. The Morgan fingerprint density at radius 2 is 0.974 bits per heavy atom. The van der Waals surface area contributed by atoms with Gasteiger partial charge in [-0.1, -0.05) is 0 Å². The minimum atomic E-state index is -10.7. The minimum absolute atomic E-state index is 0.0231. The topological polar surface area (TPSA) is 11.3 Å². The molecule has 1 nitrogen and oxygen atoms in total. The molecule has 9 heteroatoms. The molecule has 1 aliphatic heterocycles. The molecule has 2 rings (SSSR count). The van der Waals surface area contributed by atoms with E-state index >= 15 is 0 Å². The molecule has 0 radical (unpaired) electrons. The first-order chi connectivity index (χ1) is 16.3. The van der Waals surface area contributed by atoms with Crippen LogP contribution in [0.15, 0.2) is 53.7 Å². The molecular formula is C29H43F6OPTe. The van der Waals surface area contributed by atoms with E-state index in [1.165, 1.54) is 11.1 Å². The van der Waals surface area contributed by atoms with Crippen LogP contribution >= 0.6 is 7.81 Å². The Kier molecular flexibility index (Phi) is 9.55. The summed E-state index contributed by atoms with van der Waals surface area (Å²) in [6.45, 7) is 27.3. The van der Waals surface area contributed by atoms with Gasteiger partial charge in [-0.05, 0) is 0 Å². The van der Waals surface area contributed by atoms with Crippen molar-refractivity contribution in [3.8, 4) is 0 Å². The predicted octanol–water partition coefficient (Wildman–Crippen LogP) is 12.1. The molecule has 0 bridgehead atoms. The van der Waals surface area contributed by atoms with Crippen LogP contribution in [0.1, 0.15) is 100 Å². The summed E-state index contributed by atoms with van der Waals surface area (Å²) in [5.41, 5.74) is 2.94. The van der Waals surface area contributed by atoms with Crippen LogP contribution in [0.2, 0.25) is 0 Å². The summed E-state index contributed by atoms with van der Waals surface area (Å²) in [7, 11) is -10.7.